The van der Waals surface area contributed by atoms with Crippen LogP contribution in [0, 0.1) is 0 Å². The maximum Gasteiger partial charge on any atom is 0.442 e. The molecular formula is C19H13F3N4O3. The summed E-state index contributed by atoms with van der Waals surface area (Å²) in [7, 11) is 0. The van der Waals surface area contributed by atoms with Crippen LogP contribution in [0.15, 0.2) is 69.0 Å². The van der Waals surface area contributed by atoms with E-state index in [4.69, 9.17) is 4.74 Å². The van der Waals surface area contributed by atoms with E-state index < -0.39 is 35.9 Å². The van der Waals surface area contributed by atoms with Crippen LogP contribution in [0.3, 0.4) is 0 Å². The third-order valence-electron chi connectivity index (χ3n) is 4.68. The number of carbonyl (C=O) groups is 2. The summed E-state index contributed by atoms with van der Waals surface area (Å²) in [5.74, 6) is -1.37. The van der Waals surface area contributed by atoms with E-state index in [0.29, 0.717) is 5.56 Å². The van der Waals surface area contributed by atoms with Crippen molar-refractivity contribution in [3.05, 3.63) is 70.8 Å². The Hall–Kier alpha value is -3.43. The first-order valence-electron chi connectivity index (χ1n) is 8.51. The van der Waals surface area contributed by atoms with E-state index in [2.05, 4.69) is 20.5 Å². The van der Waals surface area contributed by atoms with Crippen LogP contribution in [0.1, 0.15) is 38.8 Å². The fourth-order valence-corrected chi connectivity index (χ4v) is 2.77. The van der Waals surface area contributed by atoms with Crippen LogP contribution in [-0.4, -0.2) is 24.5 Å². The molecule has 0 spiro atoms. The smallest absolute Gasteiger partial charge is 0.442 e. The first-order chi connectivity index (χ1) is 13.6. The Morgan fingerprint density at radius 1 is 0.931 bits per heavy atom. The molecule has 10 heteroatoms. The second-order valence-electron chi connectivity index (χ2n) is 6.75. The van der Waals surface area contributed by atoms with Crippen LogP contribution in [0.5, 0.6) is 0 Å². The van der Waals surface area contributed by atoms with Gasteiger partial charge in [0.25, 0.3) is 0 Å². The molecule has 0 fully saturated rings. The lowest BCUT2D eigenvalue weighted by atomic mass is 10.0. The number of hydrogen-bond donors (Lipinski definition) is 0. The molecule has 2 heterocycles. The number of nitrogens with zero attached hydrogens (tertiary/aromatic N) is 4. The van der Waals surface area contributed by atoms with Crippen molar-refractivity contribution in [2.24, 2.45) is 20.5 Å². The van der Waals surface area contributed by atoms with Crippen LogP contribution < -0.4 is 0 Å². The number of rotatable bonds is 6. The molecule has 0 aromatic heterocycles. The number of ether oxygens (including phenoxy) is 1. The standard InChI is InChI=1S/C19H13F3N4O3/c1-17(23-24-17)13-7-5-11(6-8-13)15(27)10-29-16(28)12-3-2-4-14(9-12)18(25-26-18)19(20,21)22/h2-9H,10H2,1H3. The van der Waals surface area contributed by atoms with Gasteiger partial charge in [-0.2, -0.15) is 23.4 Å². The van der Waals surface area contributed by atoms with Crippen molar-refractivity contribution in [1.82, 2.24) is 0 Å². The number of hydrogen-bond acceptors (Lipinski definition) is 7. The van der Waals surface area contributed by atoms with Gasteiger partial charge in [-0.05, 0) is 19.1 Å². The highest BCUT2D eigenvalue weighted by atomic mass is 19.4. The summed E-state index contributed by atoms with van der Waals surface area (Å²) in [5.41, 5.74) is -2.45. The van der Waals surface area contributed by atoms with Gasteiger partial charge in [-0.25, -0.2) is 4.79 Å². The topological polar surface area (TPSA) is 92.8 Å². The van der Waals surface area contributed by atoms with Crippen LogP contribution in [0.25, 0.3) is 0 Å². The van der Waals surface area contributed by atoms with E-state index in [1.54, 1.807) is 24.3 Å². The van der Waals surface area contributed by atoms with Crippen LogP contribution in [0.2, 0.25) is 0 Å². The Labute approximate surface area is 162 Å². The number of Topliss-reactive ketones (excluding diaryl/α,β-unsaturated/α-hetero) is 1. The Balaban J connectivity index is 1.40. The molecule has 2 aliphatic rings. The number of carbonyl (C=O) groups excluding carboxylic acids is 2. The van der Waals surface area contributed by atoms with Crippen molar-refractivity contribution < 1.29 is 27.5 Å². The Kier molecular flexibility index (Phi) is 4.10. The van der Waals surface area contributed by atoms with Gasteiger partial charge in [0, 0.05) is 16.7 Å². The summed E-state index contributed by atoms with van der Waals surface area (Å²) in [6.07, 6.45) is -4.70. The van der Waals surface area contributed by atoms with Gasteiger partial charge in [-0.15, -0.1) is 10.2 Å². The molecule has 0 aliphatic carbocycles. The maximum atomic E-state index is 13.1. The zero-order chi connectivity index (χ0) is 20.9. The summed E-state index contributed by atoms with van der Waals surface area (Å²) in [4.78, 5) is 24.4. The average Bonchev–Trinajstić information content (AvgIpc) is 3.61. The highest BCUT2D eigenvalue weighted by Gasteiger charge is 2.65. The van der Waals surface area contributed by atoms with Gasteiger partial charge in [0.2, 0.25) is 5.66 Å². The predicted molar refractivity (Wildman–Crippen MR) is 92.3 cm³/mol. The number of halogens is 3. The monoisotopic (exact) mass is 402 g/mol. The van der Waals surface area contributed by atoms with E-state index in [1.807, 2.05) is 6.92 Å². The molecule has 2 aliphatic heterocycles. The first kappa shape index (κ1) is 18.9. The van der Waals surface area contributed by atoms with E-state index >= 15 is 0 Å². The summed E-state index contributed by atoms with van der Waals surface area (Å²) in [6, 6.07) is 11.3. The SMILES string of the molecule is CC1(c2ccc(C(=O)COC(=O)c3cccc(C4(C(F)(F)F)N=N4)c3)cc2)N=N1. The maximum absolute atomic E-state index is 13.1. The molecule has 0 unspecified atom stereocenters. The van der Waals surface area contributed by atoms with E-state index in [-0.39, 0.29) is 11.1 Å². The average molecular weight is 402 g/mol. The van der Waals surface area contributed by atoms with Gasteiger partial charge in [0.05, 0.1) is 5.56 Å². The number of ketones is 1. The van der Waals surface area contributed by atoms with Crippen molar-refractivity contribution in [1.29, 1.82) is 0 Å². The fraction of sp³-hybridized carbons (Fsp3) is 0.263. The summed E-state index contributed by atoms with van der Waals surface area (Å²) in [5, 5.41) is 14.0. The van der Waals surface area contributed by atoms with Crippen LogP contribution in [0.4, 0.5) is 13.2 Å². The van der Waals surface area contributed by atoms with Gasteiger partial charge in [-0.1, -0.05) is 36.4 Å². The Bertz CT molecular complexity index is 1050. The van der Waals surface area contributed by atoms with Crippen LogP contribution >= 0.6 is 0 Å². The fourth-order valence-electron chi connectivity index (χ4n) is 2.77. The molecule has 0 amide bonds. The minimum absolute atomic E-state index is 0.128. The normalized spacial score (nSPS) is 17.7. The lowest BCUT2D eigenvalue weighted by Crippen LogP contribution is -2.30. The third-order valence-corrected chi connectivity index (χ3v) is 4.68. The van der Waals surface area contributed by atoms with Crippen LogP contribution in [-0.2, 0) is 16.1 Å². The quantitative estimate of drug-likeness (QED) is 0.524. The molecule has 2 aromatic carbocycles. The van der Waals surface area contributed by atoms with Crippen molar-refractivity contribution in [3.8, 4) is 0 Å². The summed E-state index contributed by atoms with van der Waals surface area (Å²) >= 11 is 0. The van der Waals surface area contributed by atoms with Crippen molar-refractivity contribution in [2.45, 2.75) is 24.4 Å². The minimum Gasteiger partial charge on any atom is -0.454 e. The molecule has 4 rings (SSSR count). The highest BCUT2D eigenvalue weighted by molar-refractivity contribution is 5.99. The van der Waals surface area contributed by atoms with E-state index in [1.165, 1.54) is 18.2 Å². The minimum atomic E-state index is -4.70. The number of benzene rings is 2. The van der Waals surface area contributed by atoms with Gasteiger partial charge in [-0.3, -0.25) is 4.79 Å². The second kappa shape index (κ2) is 6.29. The van der Waals surface area contributed by atoms with Gasteiger partial charge in [0.15, 0.2) is 12.4 Å². The molecule has 0 N–H and O–H groups in total. The zero-order valence-corrected chi connectivity index (χ0v) is 15.0. The highest BCUT2D eigenvalue weighted by Crippen LogP contribution is 2.52. The van der Waals surface area contributed by atoms with Gasteiger partial charge >= 0.3 is 17.8 Å². The first-order valence-corrected chi connectivity index (χ1v) is 8.51. The zero-order valence-electron chi connectivity index (χ0n) is 15.0. The summed E-state index contributed by atoms with van der Waals surface area (Å²) in [6.45, 7) is 1.28. The summed E-state index contributed by atoms with van der Waals surface area (Å²) < 4.78 is 44.3. The number of alkyl halides is 3. The largest absolute Gasteiger partial charge is 0.454 e. The van der Waals surface area contributed by atoms with Gasteiger partial charge in [0.1, 0.15) is 0 Å². The lowest BCUT2D eigenvalue weighted by Gasteiger charge is -2.15. The van der Waals surface area contributed by atoms with Crippen molar-refractivity contribution in [3.63, 3.8) is 0 Å². The molecule has 2 aromatic rings. The van der Waals surface area contributed by atoms with E-state index in [9.17, 15) is 22.8 Å². The molecule has 29 heavy (non-hydrogen) atoms. The van der Waals surface area contributed by atoms with Crippen molar-refractivity contribution in [2.75, 3.05) is 6.61 Å². The molecule has 148 valence electrons. The number of esters is 1. The molecule has 0 saturated carbocycles. The van der Waals surface area contributed by atoms with Gasteiger partial charge < -0.3 is 4.74 Å². The Morgan fingerprint density at radius 3 is 2.14 bits per heavy atom. The molecule has 0 bridgehead atoms. The molecular weight excluding hydrogens is 389 g/mol. The lowest BCUT2D eigenvalue weighted by molar-refractivity contribution is -0.166. The predicted octanol–water partition coefficient (Wildman–Crippen LogP) is 4.55. The molecule has 0 saturated heterocycles. The Morgan fingerprint density at radius 2 is 1.59 bits per heavy atom. The second-order valence-corrected chi connectivity index (χ2v) is 6.75. The molecule has 7 nitrogen and oxygen atoms in total. The van der Waals surface area contributed by atoms with E-state index in [0.717, 1.165) is 11.6 Å². The third kappa shape index (κ3) is 3.41. The molecule has 0 radical (unpaired) electrons. The molecule has 0 atom stereocenters. The van der Waals surface area contributed by atoms with Crippen molar-refractivity contribution >= 4 is 11.8 Å².